The summed E-state index contributed by atoms with van der Waals surface area (Å²) in [7, 11) is 0. The first-order chi connectivity index (χ1) is 4.31. The van der Waals surface area contributed by atoms with Crippen LogP contribution >= 0.6 is 12.6 Å². The van der Waals surface area contributed by atoms with Crippen LogP contribution in [0.25, 0.3) is 0 Å². The molecule has 0 aliphatic heterocycles. The topological polar surface area (TPSA) is 26.3 Å². The van der Waals surface area contributed by atoms with Gasteiger partial charge in [0.05, 0.1) is 13.0 Å². The maximum absolute atomic E-state index is 10.5. The second kappa shape index (κ2) is 5.95. The molecule has 0 saturated heterocycles. The van der Waals surface area contributed by atoms with E-state index in [9.17, 15) is 4.79 Å². The molecule has 2 nitrogen and oxygen atoms in total. The first-order valence-corrected chi connectivity index (χ1v) is 3.55. The fourth-order valence-electron chi connectivity index (χ4n) is 0.384. The van der Waals surface area contributed by atoms with E-state index in [1.807, 2.05) is 0 Å². The summed E-state index contributed by atoms with van der Waals surface area (Å²) in [4.78, 5) is 10.5. The van der Waals surface area contributed by atoms with Gasteiger partial charge in [-0.2, -0.15) is 12.6 Å². The van der Waals surface area contributed by atoms with E-state index >= 15 is 0 Å². The highest BCUT2D eigenvalue weighted by atomic mass is 32.1. The van der Waals surface area contributed by atoms with Crippen molar-refractivity contribution in [1.29, 1.82) is 0 Å². The van der Waals surface area contributed by atoms with Gasteiger partial charge in [0, 0.05) is 0 Å². The molecule has 9 heavy (non-hydrogen) atoms. The number of carbonyl (C=O) groups is 1. The number of hydrogen-bond acceptors (Lipinski definition) is 3. The van der Waals surface area contributed by atoms with Crippen molar-refractivity contribution < 1.29 is 9.53 Å². The first kappa shape index (κ1) is 8.82. The Balaban J connectivity index is 3.06. The molecule has 0 rings (SSSR count). The molecule has 0 heterocycles. The lowest BCUT2D eigenvalue weighted by molar-refractivity contribution is -0.139. The van der Waals surface area contributed by atoms with E-state index in [0.717, 1.165) is 0 Å². The third-order valence-corrected chi connectivity index (χ3v) is 0.985. The molecule has 0 atom stereocenters. The molecule has 0 fully saturated rings. The summed E-state index contributed by atoms with van der Waals surface area (Å²) in [6, 6.07) is 0. The van der Waals surface area contributed by atoms with Crippen LogP contribution in [0.2, 0.25) is 0 Å². The number of esters is 1. The molecular weight excluding hydrogens is 136 g/mol. The molecule has 0 aromatic heterocycles. The highest BCUT2D eigenvalue weighted by Gasteiger charge is 1.98. The molecule has 0 amide bonds. The maximum atomic E-state index is 10.5. The average Bonchev–Trinajstić information content (AvgIpc) is 1.85. The fraction of sp³-hybridized carbons (Fsp3) is 0.667. The first-order valence-electron chi connectivity index (χ1n) is 2.92. The summed E-state index contributed by atoms with van der Waals surface area (Å²) in [5.41, 5.74) is 0. The van der Waals surface area contributed by atoms with Crippen molar-refractivity contribution in [2.45, 2.75) is 13.3 Å². The second-order valence-corrected chi connectivity index (χ2v) is 1.92. The number of ether oxygens (including phenoxy) is 1. The lowest BCUT2D eigenvalue weighted by atomic mass is 10.3. The van der Waals surface area contributed by atoms with Crippen LogP contribution in [0, 0.1) is 6.42 Å². The minimum absolute atomic E-state index is 0.244. The van der Waals surface area contributed by atoms with Crippen LogP contribution in [0.4, 0.5) is 0 Å². The Morgan fingerprint density at radius 2 is 2.44 bits per heavy atom. The monoisotopic (exact) mass is 147 g/mol. The van der Waals surface area contributed by atoms with Crippen LogP contribution in [0.3, 0.4) is 0 Å². The van der Waals surface area contributed by atoms with Crippen LogP contribution in [0.5, 0.6) is 0 Å². The highest BCUT2D eigenvalue weighted by Crippen LogP contribution is 1.91. The molecule has 0 unspecified atom stereocenters. The zero-order valence-electron chi connectivity index (χ0n) is 5.46. The molecule has 53 valence electrons. The van der Waals surface area contributed by atoms with E-state index in [1.54, 1.807) is 6.92 Å². The van der Waals surface area contributed by atoms with Gasteiger partial charge >= 0.3 is 5.97 Å². The standard InChI is InChI=1S/C6H11O2S/c1-2-8-6(7)4-3-5-9/h4,9H,2-3,5H2,1H3. The normalized spacial score (nSPS) is 9.11. The Morgan fingerprint density at radius 3 is 2.89 bits per heavy atom. The molecule has 0 aromatic rings. The molecule has 0 aliphatic carbocycles. The van der Waals surface area contributed by atoms with Gasteiger partial charge < -0.3 is 4.74 Å². The highest BCUT2D eigenvalue weighted by molar-refractivity contribution is 7.80. The van der Waals surface area contributed by atoms with Gasteiger partial charge in [0.2, 0.25) is 0 Å². The Labute approximate surface area is 61.0 Å². The van der Waals surface area contributed by atoms with E-state index in [-0.39, 0.29) is 5.97 Å². The van der Waals surface area contributed by atoms with Crippen molar-refractivity contribution in [3.05, 3.63) is 6.42 Å². The van der Waals surface area contributed by atoms with Crippen LogP contribution < -0.4 is 0 Å². The fourth-order valence-corrected chi connectivity index (χ4v) is 0.513. The summed E-state index contributed by atoms with van der Waals surface area (Å²) >= 11 is 3.92. The molecular formula is C6H11O2S. The van der Waals surface area contributed by atoms with Gasteiger partial charge in [0.15, 0.2) is 0 Å². The van der Waals surface area contributed by atoms with E-state index in [0.29, 0.717) is 18.8 Å². The second-order valence-electron chi connectivity index (χ2n) is 1.47. The van der Waals surface area contributed by atoms with Crippen molar-refractivity contribution >= 4 is 18.6 Å². The largest absolute Gasteiger partial charge is 0.466 e. The number of rotatable bonds is 4. The van der Waals surface area contributed by atoms with Crippen molar-refractivity contribution in [2.75, 3.05) is 12.4 Å². The molecule has 0 N–H and O–H groups in total. The third-order valence-electron chi connectivity index (χ3n) is 0.727. The predicted molar refractivity (Wildman–Crippen MR) is 39.4 cm³/mol. The number of thiol groups is 1. The summed E-state index contributed by atoms with van der Waals surface area (Å²) in [6.45, 7) is 2.23. The summed E-state index contributed by atoms with van der Waals surface area (Å²) in [5, 5.41) is 0. The number of carbonyl (C=O) groups excluding carboxylic acids is 1. The molecule has 0 saturated carbocycles. The minimum atomic E-state index is -0.244. The predicted octanol–water partition coefficient (Wildman–Crippen LogP) is 1.07. The molecule has 0 bridgehead atoms. The van der Waals surface area contributed by atoms with Gasteiger partial charge in [0.1, 0.15) is 0 Å². The maximum Gasteiger partial charge on any atom is 0.309 e. The van der Waals surface area contributed by atoms with Crippen molar-refractivity contribution in [1.82, 2.24) is 0 Å². The summed E-state index contributed by atoms with van der Waals surface area (Å²) < 4.78 is 4.62. The molecule has 3 heteroatoms. The third kappa shape index (κ3) is 5.69. The lowest BCUT2D eigenvalue weighted by Crippen LogP contribution is -2.04. The Hall–Kier alpha value is -0.180. The van der Waals surface area contributed by atoms with E-state index in [4.69, 9.17) is 0 Å². The summed E-state index contributed by atoms with van der Waals surface area (Å²) in [5.74, 6) is 0.449. The Bertz CT molecular complexity index is 83.1. The molecule has 0 aliphatic rings. The van der Waals surface area contributed by atoms with Crippen molar-refractivity contribution in [3.8, 4) is 0 Å². The van der Waals surface area contributed by atoms with E-state index < -0.39 is 0 Å². The van der Waals surface area contributed by atoms with Gasteiger partial charge in [0.25, 0.3) is 0 Å². The number of hydrogen-bond donors (Lipinski definition) is 1. The van der Waals surface area contributed by atoms with E-state index in [2.05, 4.69) is 17.4 Å². The molecule has 0 spiro atoms. The van der Waals surface area contributed by atoms with E-state index in [1.165, 1.54) is 6.42 Å². The van der Waals surface area contributed by atoms with Gasteiger partial charge in [-0.15, -0.1) is 0 Å². The lowest BCUT2D eigenvalue weighted by Gasteiger charge is -1.97. The van der Waals surface area contributed by atoms with Crippen LogP contribution in [-0.2, 0) is 9.53 Å². The average molecular weight is 147 g/mol. The van der Waals surface area contributed by atoms with Gasteiger partial charge in [-0.1, -0.05) is 0 Å². The van der Waals surface area contributed by atoms with Gasteiger partial charge in [-0.05, 0) is 19.1 Å². The van der Waals surface area contributed by atoms with Crippen LogP contribution in [-0.4, -0.2) is 18.3 Å². The quantitative estimate of drug-likeness (QED) is 0.475. The smallest absolute Gasteiger partial charge is 0.309 e. The Morgan fingerprint density at radius 1 is 1.78 bits per heavy atom. The Kier molecular flexibility index (Phi) is 5.83. The van der Waals surface area contributed by atoms with Crippen LogP contribution in [0.15, 0.2) is 0 Å². The SMILES string of the molecule is CCOC(=O)[CH]CCS. The van der Waals surface area contributed by atoms with Crippen molar-refractivity contribution in [3.63, 3.8) is 0 Å². The van der Waals surface area contributed by atoms with Crippen molar-refractivity contribution in [2.24, 2.45) is 0 Å². The van der Waals surface area contributed by atoms with Crippen LogP contribution in [0.1, 0.15) is 13.3 Å². The summed E-state index contributed by atoms with van der Waals surface area (Å²) in [6.07, 6.45) is 2.18. The minimum Gasteiger partial charge on any atom is -0.466 e. The molecule has 1 radical (unpaired) electrons. The van der Waals surface area contributed by atoms with Gasteiger partial charge in [-0.3, -0.25) is 4.79 Å². The van der Waals surface area contributed by atoms with Gasteiger partial charge in [-0.25, -0.2) is 0 Å². The zero-order valence-corrected chi connectivity index (χ0v) is 6.36. The zero-order chi connectivity index (χ0) is 7.11. The molecule has 0 aromatic carbocycles.